The summed E-state index contributed by atoms with van der Waals surface area (Å²) in [5, 5.41) is 4.45. The summed E-state index contributed by atoms with van der Waals surface area (Å²) in [6.07, 6.45) is 4.75. The van der Waals surface area contributed by atoms with Crippen LogP contribution >= 0.6 is 11.8 Å². The molecule has 4 nitrogen and oxygen atoms in total. The second kappa shape index (κ2) is 8.10. The summed E-state index contributed by atoms with van der Waals surface area (Å²) in [5.74, 6) is 1.77. The topological polar surface area (TPSA) is 49.9 Å². The molecule has 1 unspecified atom stereocenters. The van der Waals surface area contributed by atoms with Gasteiger partial charge in [-0.15, -0.1) is 0 Å². The first-order valence-corrected chi connectivity index (χ1v) is 8.25. The van der Waals surface area contributed by atoms with Gasteiger partial charge >= 0.3 is 0 Å². The predicted octanol–water partition coefficient (Wildman–Crippen LogP) is 3.77. The molecule has 0 saturated carbocycles. The molecule has 0 radical (unpaired) electrons. The highest BCUT2D eigenvalue weighted by atomic mass is 32.2. The Bertz CT molecular complexity index is 542. The van der Waals surface area contributed by atoms with Gasteiger partial charge < -0.3 is 15.0 Å². The second-order valence-electron chi connectivity index (χ2n) is 4.93. The van der Waals surface area contributed by atoms with Gasteiger partial charge in [0.1, 0.15) is 5.75 Å². The Morgan fingerprint density at radius 3 is 2.95 bits per heavy atom. The van der Waals surface area contributed by atoms with Crippen LogP contribution in [0.3, 0.4) is 0 Å². The van der Waals surface area contributed by atoms with Gasteiger partial charge in [0.25, 0.3) is 0 Å². The van der Waals surface area contributed by atoms with Crippen LogP contribution in [0.4, 0.5) is 0 Å². The Kier molecular flexibility index (Phi) is 6.14. The van der Waals surface area contributed by atoms with E-state index in [2.05, 4.69) is 47.3 Å². The number of ether oxygens (including phenoxy) is 1. The van der Waals surface area contributed by atoms with Gasteiger partial charge in [-0.25, -0.2) is 4.98 Å². The van der Waals surface area contributed by atoms with Crippen molar-refractivity contribution in [1.82, 2.24) is 15.3 Å². The van der Waals surface area contributed by atoms with Gasteiger partial charge in [0, 0.05) is 29.8 Å². The second-order valence-corrected chi connectivity index (χ2v) is 5.89. The molecule has 0 bridgehead atoms. The number of hydrogen-bond donors (Lipinski definition) is 2. The summed E-state index contributed by atoms with van der Waals surface area (Å²) < 4.78 is 5.47. The van der Waals surface area contributed by atoms with Gasteiger partial charge in [-0.2, -0.15) is 0 Å². The fourth-order valence-corrected chi connectivity index (χ4v) is 2.94. The summed E-state index contributed by atoms with van der Waals surface area (Å²) >= 11 is 1.68. The van der Waals surface area contributed by atoms with Crippen molar-refractivity contribution in [3.8, 4) is 5.75 Å². The minimum atomic E-state index is 0.350. The first kappa shape index (κ1) is 15.9. The Hall–Kier alpha value is -1.46. The van der Waals surface area contributed by atoms with E-state index in [1.54, 1.807) is 25.1 Å². The maximum atomic E-state index is 5.47. The van der Waals surface area contributed by atoms with Crippen LogP contribution in [0, 0.1) is 0 Å². The van der Waals surface area contributed by atoms with Crippen molar-refractivity contribution in [2.24, 2.45) is 0 Å². The number of benzene rings is 1. The number of aromatic amines is 1. The van der Waals surface area contributed by atoms with Crippen molar-refractivity contribution in [2.45, 2.75) is 37.2 Å². The molecular weight excluding hydrogens is 282 g/mol. The van der Waals surface area contributed by atoms with Gasteiger partial charge in [-0.3, -0.25) is 0 Å². The van der Waals surface area contributed by atoms with Gasteiger partial charge in [-0.1, -0.05) is 24.8 Å². The first-order valence-electron chi connectivity index (χ1n) is 7.27. The predicted molar refractivity (Wildman–Crippen MR) is 87.9 cm³/mol. The van der Waals surface area contributed by atoms with Gasteiger partial charge in [0.15, 0.2) is 5.16 Å². The molecule has 1 atom stereocenters. The fourth-order valence-electron chi connectivity index (χ4n) is 2.14. The number of nitrogens with one attached hydrogen (secondary N) is 2. The number of rotatable bonds is 8. The van der Waals surface area contributed by atoms with Crippen molar-refractivity contribution < 1.29 is 4.74 Å². The maximum absolute atomic E-state index is 5.47. The molecule has 2 rings (SSSR count). The minimum absolute atomic E-state index is 0.350. The molecule has 0 aliphatic rings. The van der Waals surface area contributed by atoms with E-state index in [0.717, 1.165) is 29.6 Å². The first-order chi connectivity index (χ1) is 10.2. The molecule has 1 heterocycles. The van der Waals surface area contributed by atoms with E-state index in [4.69, 9.17) is 4.74 Å². The Balaban J connectivity index is 2.09. The van der Waals surface area contributed by atoms with E-state index in [9.17, 15) is 0 Å². The summed E-state index contributed by atoms with van der Waals surface area (Å²) in [7, 11) is 1.72. The van der Waals surface area contributed by atoms with E-state index < -0.39 is 0 Å². The van der Waals surface area contributed by atoms with Crippen LogP contribution in [-0.2, 0) is 5.75 Å². The van der Waals surface area contributed by atoms with E-state index in [1.807, 2.05) is 6.20 Å². The van der Waals surface area contributed by atoms with Crippen LogP contribution in [0.25, 0.3) is 0 Å². The molecule has 0 aliphatic carbocycles. The van der Waals surface area contributed by atoms with Crippen molar-refractivity contribution in [1.29, 1.82) is 0 Å². The lowest BCUT2D eigenvalue weighted by Crippen LogP contribution is -2.19. The average Bonchev–Trinajstić information content (AvgIpc) is 3.03. The molecule has 2 N–H and O–H groups in total. The van der Waals surface area contributed by atoms with Gasteiger partial charge in [0.2, 0.25) is 0 Å². The minimum Gasteiger partial charge on any atom is -0.496 e. The van der Waals surface area contributed by atoms with E-state index in [1.165, 1.54) is 11.1 Å². The van der Waals surface area contributed by atoms with Crippen LogP contribution < -0.4 is 10.1 Å². The number of aromatic nitrogens is 2. The molecule has 21 heavy (non-hydrogen) atoms. The van der Waals surface area contributed by atoms with E-state index >= 15 is 0 Å². The zero-order valence-corrected chi connectivity index (χ0v) is 13.7. The monoisotopic (exact) mass is 305 g/mol. The highest BCUT2D eigenvalue weighted by molar-refractivity contribution is 7.98. The number of nitrogens with zero attached hydrogens (tertiary/aromatic N) is 1. The highest BCUT2D eigenvalue weighted by Gasteiger charge is 2.10. The maximum Gasteiger partial charge on any atom is 0.165 e. The van der Waals surface area contributed by atoms with Crippen LogP contribution in [-0.4, -0.2) is 23.6 Å². The Morgan fingerprint density at radius 2 is 2.29 bits per heavy atom. The van der Waals surface area contributed by atoms with Crippen LogP contribution in [0.2, 0.25) is 0 Å². The standard InChI is InChI=1S/C16H23N3OS/c1-4-7-17-12(2)13-5-6-15(20-3)14(10-13)11-21-16-18-8-9-19-16/h5-6,8-10,12,17H,4,7,11H2,1-3H3,(H,18,19). The summed E-state index contributed by atoms with van der Waals surface area (Å²) in [6, 6.07) is 6.76. The van der Waals surface area contributed by atoms with Crippen molar-refractivity contribution in [3.05, 3.63) is 41.7 Å². The van der Waals surface area contributed by atoms with Crippen molar-refractivity contribution >= 4 is 11.8 Å². The molecule has 0 saturated heterocycles. The molecule has 1 aromatic carbocycles. The molecule has 1 aromatic heterocycles. The van der Waals surface area contributed by atoms with Gasteiger partial charge in [0.05, 0.1) is 7.11 Å². The lowest BCUT2D eigenvalue weighted by molar-refractivity contribution is 0.411. The van der Waals surface area contributed by atoms with Crippen molar-refractivity contribution in [3.63, 3.8) is 0 Å². The quantitative estimate of drug-likeness (QED) is 0.729. The summed E-state index contributed by atoms with van der Waals surface area (Å²) in [6.45, 7) is 5.41. The summed E-state index contributed by atoms with van der Waals surface area (Å²) in [5.41, 5.74) is 2.49. The lowest BCUT2D eigenvalue weighted by Gasteiger charge is -2.16. The van der Waals surface area contributed by atoms with Crippen LogP contribution in [0.5, 0.6) is 5.75 Å². The number of methoxy groups -OCH3 is 1. The molecular formula is C16H23N3OS. The number of imidazole rings is 1. The smallest absolute Gasteiger partial charge is 0.165 e. The molecule has 5 heteroatoms. The fraction of sp³-hybridized carbons (Fsp3) is 0.438. The Labute approximate surface area is 130 Å². The molecule has 2 aromatic rings. The van der Waals surface area contributed by atoms with Crippen molar-refractivity contribution in [2.75, 3.05) is 13.7 Å². The number of H-pyrrole nitrogens is 1. The van der Waals surface area contributed by atoms with Crippen LogP contribution in [0.1, 0.15) is 37.4 Å². The Morgan fingerprint density at radius 1 is 1.43 bits per heavy atom. The third-order valence-electron chi connectivity index (χ3n) is 3.34. The third-order valence-corrected chi connectivity index (χ3v) is 4.29. The van der Waals surface area contributed by atoms with Gasteiger partial charge in [-0.05, 0) is 37.6 Å². The SMILES string of the molecule is CCCNC(C)c1ccc(OC)c(CSc2ncc[nH]2)c1. The normalized spacial score (nSPS) is 12.3. The highest BCUT2D eigenvalue weighted by Crippen LogP contribution is 2.28. The molecule has 0 amide bonds. The average molecular weight is 305 g/mol. The molecule has 114 valence electrons. The molecule has 0 fully saturated rings. The largest absolute Gasteiger partial charge is 0.496 e. The zero-order chi connectivity index (χ0) is 15.1. The molecule has 0 spiro atoms. The van der Waals surface area contributed by atoms with E-state index in [0.29, 0.717) is 6.04 Å². The van der Waals surface area contributed by atoms with Crippen LogP contribution in [0.15, 0.2) is 35.7 Å². The summed E-state index contributed by atoms with van der Waals surface area (Å²) in [4.78, 5) is 7.35. The number of thioether (sulfide) groups is 1. The third kappa shape index (κ3) is 4.51. The molecule has 0 aliphatic heterocycles. The number of hydrogen-bond acceptors (Lipinski definition) is 4. The zero-order valence-electron chi connectivity index (χ0n) is 12.8. The van der Waals surface area contributed by atoms with E-state index in [-0.39, 0.29) is 0 Å². The lowest BCUT2D eigenvalue weighted by atomic mass is 10.0.